The van der Waals surface area contributed by atoms with E-state index in [1.165, 1.54) is 173 Å². The third-order valence-corrected chi connectivity index (χ3v) is 12.7. The molecule has 0 aromatic carbocycles. The van der Waals surface area contributed by atoms with Gasteiger partial charge in [-0.1, -0.05) is 224 Å². The number of ether oxygens (including phenoxy) is 1. The molecule has 0 aromatic rings. The number of aliphatic hydroxyl groups is 2. The van der Waals surface area contributed by atoms with Gasteiger partial charge in [0.1, 0.15) is 0 Å². The Bertz CT molecular complexity index is 1020. The maximum atomic E-state index is 12.5. The fourth-order valence-electron chi connectivity index (χ4n) is 8.37. The highest BCUT2D eigenvalue weighted by atomic mass is 16.5. The minimum Gasteiger partial charge on any atom is -0.466 e. The maximum Gasteiger partial charge on any atom is 0.305 e. The van der Waals surface area contributed by atoms with E-state index < -0.39 is 12.1 Å². The van der Waals surface area contributed by atoms with Gasteiger partial charge in [-0.05, 0) is 89.9 Å². The van der Waals surface area contributed by atoms with Crippen molar-refractivity contribution in [1.29, 1.82) is 0 Å². The fraction of sp³-hybridized carbons (Fsp3) is 0.860. The molecule has 0 spiro atoms. The third kappa shape index (κ3) is 49.4. The molecule has 2 unspecified atom stereocenters. The number of hydrogen-bond acceptors (Lipinski definition) is 5. The zero-order chi connectivity index (χ0) is 45.8. The summed E-state index contributed by atoms with van der Waals surface area (Å²) in [5, 5.41) is 23.3. The smallest absolute Gasteiger partial charge is 0.305 e. The number of allylic oxidation sites excluding steroid dienone is 6. The van der Waals surface area contributed by atoms with Crippen LogP contribution in [-0.4, -0.2) is 47.4 Å². The van der Waals surface area contributed by atoms with Crippen LogP contribution in [-0.2, 0) is 14.3 Å². The van der Waals surface area contributed by atoms with Crippen molar-refractivity contribution in [2.24, 2.45) is 0 Å². The molecule has 0 aliphatic heterocycles. The summed E-state index contributed by atoms with van der Waals surface area (Å²) in [7, 11) is 0. The highest BCUT2D eigenvalue weighted by Crippen LogP contribution is 2.16. The van der Waals surface area contributed by atoms with Crippen LogP contribution in [0, 0.1) is 0 Å². The Morgan fingerprint density at radius 1 is 0.444 bits per heavy atom. The van der Waals surface area contributed by atoms with Gasteiger partial charge < -0.3 is 20.3 Å². The lowest BCUT2D eigenvalue weighted by Gasteiger charge is -2.22. The first-order valence-corrected chi connectivity index (χ1v) is 27.7. The van der Waals surface area contributed by atoms with Crippen LogP contribution in [0.3, 0.4) is 0 Å². The summed E-state index contributed by atoms with van der Waals surface area (Å²) in [5.41, 5.74) is 0. The Balaban J connectivity index is 3.51. The van der Waals surface area contributed by atoms with E-state index in [0.29, 0.717) is 25.9 Å². The third-order valence-electron chi connectivity index (χ3n) is 12.7. The highest BCUT2D eigenvalue weighted by Gasteiger charge is 2.20. The number of amides is 1. The minimum atomic E-state index is -0.675. The summed E-state index contributed by atoms with van der Waals surface area (Å²) in [6.07, 6.45) is 64.1. The second-order valence-electron chi connectivity index (χ2n) is 18.9. The summed E-state index contributed by atoms with van der Waals surface area (Å²) in [5.74, 6) is -0.0756. The molecular formula is C57H107NO5. The lowest BCUT2D eigenvalue weighted by molar-refractivity contribution is -0.143. The Morgan fingerprint density at radius 3 is 1.24 bits per heavy atom. The molecule has 0 aliphatic carbocycles. The van der Waals surface area contributed by atoms with Crippen LogP contribution >= 0.6 is 0 Å². The predicted octanol–water partition coefficient (Wildman–Crippen LogP) is 16.9. The van der Waals surface area contributed by atoms with Crippen molar-refractivity contribution >= 4 is 11.9 Å². The minimum absolute atomic E-state index is 0.0249. The summed E-state index contributed by atoms with van der Waals surface area (Å²) in [6, 6.07) is -0.554. The maximum absolute atomic E-state index is 12.5. The van der Waals surface area contributed by atoms with Gasteiger partial charge in [-0.2, -0.15) is 0 Å². The average Bonchev–Trinajstić information content (AvgIpc) is 3.28. The first-order chi connectivity index (χ1) is 31.0. The van der Waals surface area contributed by atoms with Crippen molar-refractivity contribution in [3.8, 4) is 0 Å². The van der Waals surface area contributed by atoms with Crippen LogP contribution in [0.2, 0.25) is 0 Å². The molecule has 6 nitrogen and oxygen atoms in total. The molecule has 0 saturated heterocycles. The molecule has 0 bridgehead atoms. The number of aliphatic hydroxyl groups excluding tert-OH is 2. The van der Waals surface area contributed by atoms with E-state index in [-0.39, 0.29) is 18.5 Å². The molecule has 3 N–H and O–H groups in total. The number of carbonyl (C=O) groups excluding carboxylic acids is 2. The van der Waals surface area contributed by atoms with Crippen LogP contribution in [0.1, 0.15) is 290 Å². The second kappa shape index (κ2) is 52.7. The summed E-state index contributed by atoms with van der Waals surface area (Å²) >= 11 is 0. The van der Waals surface area contributed by atoms with Crippen molar-refractivity contribution in [2.75, 3.05) is 13.2 Å². The Morgan fingerprint density at radius 2 is 0.794 bits per heavy atom. The van der Waals surface area contributed by atoms with E-state index in [4.69, 9.17) is 4.74 Å². The van der Waals surface area contributed by atoms with Gasteiger partial charge in [0.2, 0.25) is 5.91 Å². The lowest BCUT2D eigenvalue weighted by atomic mass is 10.0. The van der Waals surface area contributed by atoms with E-state index >= 15 is 0 Å². The molecule has 63 heavy (non-hydrogen) atoms. The summed E-state index contributed by atoms with van der Waals surface area (Å²) in [6.45, 7) is 4.89. The number of unbranched alkanes of at least 4 members (excludes halogenated alkanes) is 34. The van der Waals surface area contributed by atoms with Gasteiger partial charge in [-0.3, -0.25) is 9.59 Å². The van der Waals surface area contributed by atoms with Crippen molar-refractivity contribution in [2.45, 2.75) is 302 Å². The molecule has 0 rings (SSSR count). The summed E-state index contributed by atoms with van der Waals surface area (Å²) in [4.78, 5) is 24.5. The molecule has 0 aliphatic rings. The number of nitrogens with one attached hydrogen (secondary N) is 1. The first kappa shape index (κ1) is 61.1. The van der Waals surface area contributed by atoms with Gasteiger partial charge in [0.15, 0.2) is 0 Å². The topological polar surface area (TPSA) is 95.9 Å². The molecule has 0 saturated carbocycles. The first-order valence-electron chi connectivity index (χ1n) is 27.7. The zero-order valence-electron chi connectivity index (χ0n) is 42.1. The van der Waals surface area contributed by atoms with E-state index in [1.54, 1.807) is 0 Å². The van der Waals surface area contributed by atoms with Crippen LogP contribution in [0.15, 0.2) is 36.5 Å². The summed E-state index contributed by atoms with van der Waals surface area (Å²) < 4.78 is 5.44. The molecule has 6 heteroatoms. The van der Waals surface area contributed by atoms with E-state index in [9.17, 15) is 19.8 Å². The Labute approximate surface area is 392 Å². The molecule has 0 heterocycles. The number of esters is 1. The number of hydrogen-bond donors (Lipinski definition) is 3. The lowest BCUT2D eigenvalue weighted by Crippen LogP contribution is -2.45. The molecule has 0 aromatic heterocycles. The SMILES string of the molecule is CCCCCC/C=C\CCCCCCCC(=O)OCCCCC/C=C\C/C=C\CCCCCCCCCC(=O)NC(CO)C(O)CCCCCCCCCCCCCCCCCC. The van der Waals surface area contributed by atoms with E-state index in [2.05, 4.69) is 55.6 Å². The van der Waals surface area contributed by atoms with Crippen LogP contribution in [0.4, 0.5) is 0 Å². The van der Waals surface area contributed by atoms with E-state index in [1.807, 2.05) is 0 Å². The second-order valence-corrected chi connectivity index (χ2v) is 18.9. The monoisotopic (exact) mass is 886 g/mol. The average molecular weight is 886 g/mol. The molecular weight excluding hydrogens is 779 g/mol. The molecule has 2 atom stereocenters. The van der Waals surface area contributed by atoms with Gasteiger partial charge in [-0.15, -0.1) is 0 Å². The predicted molar refractivity (Wildman–Crippen MR) is 273 cm³/mol. The number of carbonyl (C=O) groups is 2. The van der Waals surface area contributed by atoms with Crippen molar-refractivity contribution in [3.05, 3.63) is 36.5 Å². The van der Waals surface area contributed by atoms with Crippen molar-refractivity contribution in [3.63, 3.8) is 0 Å². The van der Waals surface area contributed by atoms with Crippen LogP contribution in [0.25, 0.3) is 0 Å². The van der Waals surface area contributed by atoms with E-state index in [0.717, 1.165) is 83.5 Å². The standard InChI is InChI=1S/C57H107NO5/c1-3-5-7-9-11-13-15-17-18-22-26-29-33-37-41-45-49-55(60)54(53-59)58-56(61)50-46-42-38-34-30-27-23-20-19-21-24-28-32-36-40-44-48-52-63-57(62)51-47-43-39-35-31-25-16-14-12-10-8-6-4-2/h14,16,19,21,28,32,54-55,59-60H,3-13,15,17-18,20,22-27,29-31,33-53H2,1-2H3,(H,58,61)/b16-14-,21-19-,32-28-. The largest absolute Gasteiger partial charge is 0.466 e. The normalized spacial score (nSPS) is 12.9. The highest BCUT2D eigenvalue weighted by molar-refractivity contribution is 5.76. The van der Waals surface area contributed by atoms with Gasteiger partial charge >= 0.3 is 5.97 Å². The molecule has 0 radical (unpaired) electrons. The molecule has 370 valence electrons. The van der Waals surface area contributed by atoms with Crippen LogP contribution < -0.4 is 5.32 Å². The molecule has 0 fully saturated rings. The zero-order valence-corrected chi connectivity index (χ0v) is 42.1. The Hall–Kier alpha value is -1.92. The van der Waals surface area contributed by atoms with Crippen molar-refractivity contribution in [1.82, 2.24) is 5.32 Å². The van der Waals surface area contributed by atoms with Gasteiger partial charge in [0.25, 0.3) is 0 Å². The van der Waals surface area contributed by atoms with Gasteiger partial charge in [0, 0.05) is 12.8 Å². The Kier molecular flexibility index (Phi) is 51.1. The van der Waals surface area contributed by atoms with Gasteiger partial charge in [-0.25, -0.2) is 0 Å². The quantitative estimate of drug-likeness (QED) is 0.0321. The van der Waals surface area contributed by atoms with Crippen molar-refractivity contribution < 1.29 is 24.5 Å². The number of rotatable bonds is 51. The van der Waals surface area contributed by atoms with Crippen LogP contribution in [0.5, 0.6) is 0 Å². The molecule has 1 amide bonds. The van der Waals surface area contributed by atoms with Gasteiger partial charge in [0.05, 0.1) is 25.4 Å². The fourth-order valence-corrected chi connectivity index (χ4v) is 8.37.